The maximum absolute atomic E-state index is 6.21. The van der Waals surface area contributed by atoms with Crippen molar-refractivity contribution in [3.05, 3.63) is 64.8 Å². The van der Waals surface area contributed by atoms with Gasteiger partial charge in [0.15, 0.2) is 5.82 Å². The summed E-state index contributed by atoms with van der Waals surface area (Å²) < 4.78 is 8.28. The van der Waals surface area contributed by atoms with Gasteiger partial charge in [0.05, 0.1) is 12.2 Å². The number of aromatic nitrogens is 4. The average molecular weight is 396 g/mol. The number of benzene rings is 1. The van der Waals surface area contributed by atoms with Crippen LogP contribution in [0.3, 0.4) is 0 Å². The van der Waals surface area contributed by atoms with Gasteiger partial charge in [-0.1, -0.05) is 17.7 Å². The van der Waals surface area contributed by atoms with Crippen molar-refractivity contribution in [1.82, 2.24) is 25.1 Å². The van der Waals surface area contributed by atoms with Gasteiger partial charge in [0, 0.05) is 29.7 Å². The van der Waals surface area contributed by atoms with Crippen molar-refractivity contribution in [2.75, 3.05) is 0 Å². The van der Waals surface area contributed by atoms with E-state index in [1.807, 2.05) is 30.3 Å². The Hall–Kier alpha value is -2.44. The van der Waals surface area contributed by atoms with E-state index in [0.29, 0.717) is 18.3 Å². The van der Waals surface area contributed by atoms with Gasteiger partial charge in [-0.25, -0.2) is 4.98 Å². The molecule has 0 bridgehead atoms. The van der Waals surface area contributed by atoms with E-state index >= 15 is 0 Å². The highest BCUT2D eigenvalue weighted by atomic mass is 35.5. The molecule has 1 aliphatic heterocycles. The van der Waals surface area contributed by atoms with Crippen molar-refractivity contribution in [2.45, 2.75) is 50.8 Å². The minimum Gasteiger partial charge on any atom is -0.474 e. The lowest BCUT2D eigenvalue weighted by Crippen LogP contribution is -2.25. The Balaban J connectivity index is 1.37. The predicted octanol–water partition coefficient (Wildman–Crippen LogP) is 4.02. The fourth-order valence-electron chi connectivity index (χ4n) is 4.22. The van der Waals surface area contributed by atoms with E-state index < -0.39 is 0 Å². The van der Waals surface area contributed by atoms with E-state index in [2.05, 4.69) is 31.1 Å². The van der Waals surface area contributed by atoms with Crippen LogP contribution in [0.1, 0.15) is 48.8 Å². The van der Waals surface area contributed by atoms with Crippen LogP contribution in [0.2, 0.25) is 5.02 Å². The summed E-state index contributed by atoms with van der Waals surface area (Å²) in [7, 11) is 0. The molecule has 1 aliphatic carbocycles. The molecule has 3 heterocycles. The Morgan fingerprint density at radius 1 is 1.04 bits per heavy atom. The van der Waals surface area contributed by atoms with Crippen molar-refractivity contribution in [3.8, 4) is 11.6 Å². The number of nitrogens with one attached hydrogen (secondary N) is 1. The van der Waals surface area contributed by atoms with Crippen LogP contribution in [-0.4, -0.2) is 25.9 Å². The molecule has 3 aromatic rings. The molecule has 0 unspecified atom stereocenters. The van der Waals surface area contributed by atoms with Gasteiger partial charge in [0.2, 0.25) is 5.88 Å². The van der Waals surface area contributed by atoms with Gasteiger partial charge < -0.3 is 10.1 Å². The summed E-state index contributed by atoms with van der Waals surface area (Å²) in [5.74, 6) is 3.10. The van der Waals surface area contributed by atoms with Crippen molar-refractivity contribution < 1.29 is 4.74 Å². The molecule has 5 rings (SSSR count). The molecule has 144 valence electrons. The molecule has 6 nitrogen and oxygen atoms in total. The van der Waals surface area contributed by atoms with E-state index in [-0.39, 0.29) is 6.10 Å². The molecule has 7 heteroatoms. The fraction of sp³-hybridized carbons (Fsp3) is 0.381. The fourth-order valence-corrected chi connectivity index (χ4v) is 4.42. The van der Waals surface area contributed by atoms with Gasteiger partial charge in [0.25, 0.3) is 0 Å². The van der Waals surface area contributed by atoms with Crippen LogP contribution < -0.4 is 10.1 Å². The van der Waals surface area contributed by atoms with Crippen LogP contribution >= 0.6 is 11.6 Å². The second-order valence-corrected chi connectivity index (χ2v) is 7.88. The van der Waals surface area contributed by atoms with Gasteiger partial charge in [-0.3, -0.25) is 4.57 Å². The Bertz CT molecular complexity index is 966. The van der Waals surface area contributed by atoms with Crippen LogP contribution in [0, 0.1) is 0 Å². The van der Waals surface area contributed by atoms with Crippen molar-refractivity contribution >= 4 is 11.6 Å². The lowest BCUT2D eigenvalue weighted by Gasteiger charge is -2.28. The summed E-state index contributed by atoms with van der Waals surface area (Å²) in [5.41, 5.74) is 2.32. The van der Waals surface area contributed by atoms with Crippen LogP contribution in [-0.2, 0) is 13.1 Å². The first-order valence-electron chi connectivity index (χ1n) is 9.79. The van der Waals surface area contributed by atoms with E-state index in [1.165, 1.54) is 5.56 Å². The predicted molar refractivity (Wildman–Crippen MR) is 107 cm³/mol. The van der Waals surface area contributed by atoms with Crippen molar-refractivity contribution in [1.29, 1.82) is 0 Å². The zero-order valence-electron chi connectivity index (χ0n) is 15.5. The number of nitrogens with zero attached hydrogens (tertiary/aromatic N) is 4. The van der Waals surface area contributed by atoms with Crippen LogP contribution in [0.25, 0.3) is 5.69 Å². The molecule has 0 radical (unpaired) electrons. The third kappa shape index (κ3) is 3.38. The maximum atomic E-state index is 6.21. The quantitative estimate of drug-likeness (QED) is 0.725. The SMILES string of the molecule is Clc1ccc2c(c1)CNCc1nnc([C@H]3CC[C@H](Oc4ccccn4)CC3)n1-2. The minimum absolute atomic E-state index is 0.213. The third-order valence-corrected chi connectivity index (χ3v) is 5.84. The maximum Gasteiger partial charge on any atom is 0.213 e. The molecule has 1 aromatic carbocycles. The van der Waals surface area contributed by atoms with Crippen molar-refractivity contribution in [2.24, 2.45) is 0 Å². The highest BCUT2D eigenvalue weighted by Gasteiger charge is 2.30. The van der Waals surface area contributed by atoms with Gasteiger partial charge in [0.1, 0.15) is 11.9 Å². The zero-order chi connectivity index (χ0) is 18.9. The van der Waals surface area contributed by atoms with E-state index in [0.717, 1.165) is 54.6 Å². The molecule has 1 fully saturated rings. The summed E-state index contributed by atoms with van der Waals surface area (Å²) in [6, 6.07) is 11.8. The molecular weight excluding hydrogens is 374 g/mol. The van der Waals surface area contributed by atoms with E-state index in [1.54, 1.807) is 6.20 Å². The van der Waals surface area contributed by atoms with Crippen LogP contribution in [0.4, 0.5) is 0 Å². The van der Waals surface area contributed by atoms with Gasteiger partial charge in [-0.15, -0.1) is 10.2 Å². The van der Waals surface area contributed by atoms with Gasteiger partial charge in [-0.05, 0) is 55.5 Å². The summed E-state index contributed by atoms with van der Waals surface area (Å²) in [5, 5.41) is 13.2. The molecular formula is C21H22ClN5O. The molecule has 1 N–H and O–H groups in total. The van der Waals surface area contributed by atoms with Gasteiger partial charge >= 0.3 is 0 Å². The Labute approximate surface area is 168 Å². The normalized spacial score (nSPS) is 21.5. The number of pyridine rings is 1. The second kappa shape index (κ2) is 7.53. The molecule has 1 saturated carbocycles. The summed E-state index contributed by atoms with van der Waals surface area (Å²) in [6.45, 7) is 1.49. The molecule has 2 aromatic heterocycles. The summed E-state index contributed by atoms with van der Waals surface area (Å²) >= 11 is 6.21. The lowest BCUT2D eigenvalue weighted by molar-refractivity contribution is 0.139. The zero-order valence-corrected chi connectivity index (χ0v) is 16.3. The monoisotopic (exact) mass is 395 g/mol. The smallest absolute Gasteiger partial charge is 0.213 e. The topological polar surface area (TPSA) is 64.9 Å². The van der Waals surface area contributed by atoms with Crippen LogP contribution in [0.5, 0.6) is 5.88 Å². The van der Waals surface area contributed by atoms with Crippen molar-refractivity contribution in [3.63, 3.8) is 0 Å². The highest BCUT2D eigenvalue weighted by molar-refractivity contribution is 6.30. The summed E-state index contributed by atoms with van der Waals surface area (Å²) in [6.07, 6.45) is 6.04. The molecule has 2 aliphatic rings. The van der Waals surface area contributed by atoms with Gasteiger partial charge in [-0.2, -0.15) is 0 Å². The average Bonchev–Trinajstić information content (AvgIpc) is 3.05. The highest BCUT2D eigenvalue weighted by Crippen LogP contribution is 2.36. The lowest BCUT2D eigenvalue weighted by atomic mass is 9.86. The molecule has 0 spiro atoms. The number of fused-ring (bicyclic) bond motifs is 3. The molecule has 0 atom stereocenters. The number of halogens is 1. The second-order valence-electron chi connectivity index (χ2n) is 7.45. The first-order chi connectivity index (χ1) is 13.8. The minimum atomic E-state index is 0.213. The number of ether oxygens (including phenoxy) is 1. The van der Waals surface area contributed by atoms with E-state index in [9.17, 15) is 0 Å². The number of hydrogen-bond acceptors (Lipinski definition) is 5. The van der Waals surface area contributed by atoms with Crippen LogP contribution in [0.15, 0.2) is 42.6 Å². The largest absolute Gasteiger partial charge is 0.474 e. The first-order valence-corrected chi connectivity index (χ1v) is 10.2. The Kier molecular flexibility index (Phi) is 4.74. The Morgan fingerprint density at radius 2 is 1.93 bits per heavy atom. The summed E-state index contributed by atoms with van der Waals surface area (Å²) in [4.78, 5) is 4.28. The number of rotatable bonds is 3. The molecule has 0 saturated heterocycles. The molecule has 28 heavy (non-hydrogen) atoms. The standard InChI is InChI=1S/C21H22ClN5O/c22-16-6-9-18-15(11-16)12-23-13-19-25-26-21(27(18)19)14-4-7-17(8-5-14)28-20-3-1-2-10-24-20/h1-3,6,9-11,14,17,23H,4-5,7-8,12-13H2/t14-,17-. The first kappa shape index (κ1) is 17.6. The Morgan fingerprint density at radius 3 is 2.75 bits per heavy atom. The number of hydrogen-bond donors (Lipinski definition) is 1. The van der Waals surface area contributed by atoms with E-state index in [4.69, 9.17) is 16.3 Å². The molecule has 0 amide bonds. The third-order valence-electron chi connectivity index (χ3n) is 5.60.